The van der Waals surface area contributed by atoms with E-state index in [1.807, 2.05) is 14.0 Å². The lowest BCUT2D eigenvalue weighted by Gasteiger charge is -2.37. The molecule has 2 saturated heterocycles. The normalized spacial score (nSPS) is 18.7. The molecule has 2 aliphatic heterocycles. The number of hydrogen-bond donors (Lipinski definition) is 1. The summed E-state index contributed by atoms with van der Waals surface area (Å²) in [5.74, 6) is 2.95. The summed E-state index contributed by atoms with van der Waals surface area (Å²) in [7, 11) is 2.01. The highest BCUT2D eigenvalue weighted by atomic mass is 16.2. The number of carbonyl (C=O) groups is 1. The Morgan fingerprint density at radius 3 is 2.66 bits per heavy atom. The summed E-state index contributed by atoms with van der Waals surface area (Å²) >= 11 is 0. The summed E-state index contributed by atoms with van der Waals surface area (Å²) in [6.45, 7) is 7.55. The second-order valence-corrected chi connectivity index (χ2v) is 8.26. The van der Waals surface area contributed by atoms with Gasteiger partial charge in [-0.15, -0.1) is 10.2 Å². The second-order valence-electron chi connectivity index (χ2n) is 8.26. The zero-order valence-corrected chi connectivity index (χ0v) is 17.3. The fourth-order valence-electron chi connectivity index (χ4n) is 4.96. The molecule has 0 aliphatic carbocycles. The molecule has 152 valence electrons. The fourth-order valence-corrected chi connectivity index (χ4v) is 4.96. The first-order valence-corrected chi connectivity index (χ1v) is 10.4. The van der Waals surface area contributed by atoms with E-state index in [1.54, 1.807) is 0 Å². The number of aromatic nitrogens is 5. The van der Waals surface area contributed by atoms with Gasteiger partial charge in [-0.2, -0.15) is 0 Å². The smallest absolute Gasteiger partial charge is 0.227 e. The van der Waals surface area contributed by atoms with E-state index in [4.69, 9.17) is 4.98 Å². The number of imidazole rings is 1. The molecular formula is C21H27N7O. The Labute approximate surface area is 169 Å². The summed E-state index contributed by atoms with van der Waals surface area (Å²) in [6, 6.07) is 6.31. The van der Waals surface area contributed by atoms with Gasteiger partial charge in [0.05, 0.1) is 16.4 Å². The van der Waals surface area contributed by atoms with Crippen molar-refractivity contribution in [3.8, 4) is 11.4 Å². The van der Waals surface area contributed by atoms with Gasteiger partial charge in [-0.25, -0.2) is 4.98 Å². The van der Waals surface area contributed by atoms with Gasteiger partial charge in [0.15, 0.2) is 5.82 Å². The Morgan fingerprint density at radius 1 is 1.17 bits per heavy atom. The highest BCUT2D eigenvalue weighted by Crippen LogP contribution is 2.39. The molecule has 1 spiro atoms. The minimum Gasteiger partial charge on any atom is -0.356 e. The van der Waals surface area contributed by atoms with Crippen molar-refractivity contribution in [3.63, 3.8) is 0 Å². The Morgan fingerprint density at radius 2 is 1.97 bits per heavy atom. The molecule has 0 radical (unpaired) electrons. The van der Waals surface area contributed by atoms with Gasteiger partial charge in [0.2, 0.25) is 11.9 Å². The first-order valence-electron chi connectivity index (χ1n) is 10.4. The van der Waals surface area contributed by atoms with Gasteiger partial charge in [0.1, 0.15) is 5.82 Å². The number of nitrogens with zero attached hydrogens (tertiary/aromatic N) is 6. The van der Waals surface area contributed by atoms with Crippen LogP contribution in [-0.4, -0.2) is 49.9 Å². The van der Waals surface area contributed by atoms with Crippen LogP contribution in [0.5, 0.6) is 0 Å². The topological polar surface area (TPSA) is 80.9 Å². The van der Waals surface area contributed by atoms with Gasteiger partial charge < -0.3 is 14.8 Å². The van der Waals surface area contributed by atoms with Crippen molar-refractivity contribution in [1.82, 2.24) is 29.6 Å². The van der Waals surface area contributed by atoms with Crippen molar-refractivity contribution in [2.45, 2.75) is 39.7 Å². The van der Waals surface area contributed by atoms with E-state index < -0.39 is 0 Å². The first-order chi connectivity index (χ1) is 14.0. The predicted molar refractivity (Wildman–Crippen MR) is 112 cm³/mol. The number of carbonyl (C=O) groups excluding carboxylic acids is 1. The Hall–Kier alpha value is -2.90. The monoisotopic (exact) mass is 393 g/mol. The van der Waals surface area contributed by atoms with Crippen LogP contribution in [0.25, 0.3) is 22.4 Å². The lowest BCUT2D eigenvalue weighted by molar-refractivity contribution is -0.128. The zero-order valence-electron chi connectivity index (χ0n) is 17.3. The SMILES string of the molecule is CCn1c(C)nc2cc(-c3nnc(N4CCC5(CCNC5=O)CC4)n3C)ccc21. The average molecular weight is 393 g/mol. The van der Waals surface area contributed by atoms with E-state index in [9.17, 15) is 4.79 Å². The molecule has 8 nitrogen and oxygen atoms in total. The maximum absolute atomic E-state index is 12.2. The van der Waals surface area contributed by atoms with Crippen molar-refractivity contribution < 1.29 is 4.79 Å². The minimum atomic E-state index is -0.168. The van der Waals surface area contributed by atoms with E-state index in [0.29, 0.717) is 0 Å². The maximum atomic E-state index is 12.2. The van der Waals surface area contributed by atoms with Crippen LogP contribution in [0.15, 0.2) is 18.2 Å². The Bertz CT molecular complexity index is 1090. The minimum absolute atomic E-state index is 0.168. The van der Waals surface area contributed by atoms with E-state index >= 15 is 0 Å². The van der Waals surface area contributed by atoms with Gasteiger partial charge in [0.25, 0.3) is 0 Å². The van der Waals surface area contributed by atoms with E-state index in [2.05, 4.69) is 54.7 Å². The van der Waals surface area contributed by atoms with Crippen molar-refractivity contribution in [1.29, 1.82) is 0 Å². The number of nitrogens with one attached hydrogen (secondary N) is 1. The molecule has 5 rings (SSSR count). The molecule has 0 atom stereocenters. The maximum Gasteiger partial charge on any atom is 0.227 e. The number of aryl methyl sites for hydroxylation is 2. The first kappa shape index (κ1) is 18.1. The van der Waals surface area contributed by atoms with Crippen LogP contribution in [0.4, 0.5) is 5.95 Å². The summed E-state index contributed by atoms with van der Waals surface area (Å²) in [5, 5.41) is 12.0. The quantitative estimate of drug-likeness (QED) is 0.738. The number of rotatable bonds is 3. The number of amides is 1. The third-order valence-electron chi connectivity index (χ3n) is 6.74. The Balaban J connectivity index is 1.41. The molecule has 1 N–H and O–H groups in total. The molecule has 4 heterocycles. The molecule has 29 heavy (non-hydrogen) atoms. The van der Waals surface area contributed by atoms with Crippen LogP contribution in [0, 0.1) is 12.3 Å². The van der Waals surface area contributed by atoms with E-state index in [1.165, 1.54) is 0 Å². The van der Waals surface area contributed by atoms with Gasteiger partial charge in [-0.3, -0.25) is 9.36 Å². The highest BCUT2D eigenvalue weighted by molar-refractivity contribution is 5.85. The van der Waals surface area contributed by atoms with Crippen molar-refractivity contribution in [2.24, 2.45) is 12.5 Å². The lowest BCUT2D eigenvalue weighted by atomic mass is 9.77. The lowest BCUT2D eigenvalue weighted by Crippen LogP contribution is -2.44. The van der Waals surface area contributed by atoms with Crippen LogP contribution < -0.4 is 10.2 Å². The molecule has 1 amide bonds. The van der Waals surface area contributed by atoms with Crippen molar-refractivity contribution in [2.75, 3.05) is 24.5 Å². The van der Waals surface area contributed by atoms with Crippen LogP contribution >= 0.6 is 0 Å². The molecule has 2 aliphatic rings. The molecule has 0 saturated carbocycles. The standard InChI is InChI=1S/C21H27N7O/c1-4-28-14(2)23-16-13-15(5-6-17(16)28)18-24-25-20(26(18)3)27-11-8-21(9-12-27)7-10-22-19(21)29/h5-6,13H,4,7-12H2,1-3H3,(H,22,29). The molecule has 8 heteroatoms. The summed E-state index contributed by atoms with van der Waals surface area (Å²) in [6.07, 6.45) is 2.70. The van der Waals surface area contributed by atoms with Crippen LogP contribution in [0.1, 0.15) is 32.0 Å². The summed E-state index contributed by atoms with van der Waals surface area (Å²) in [4.78, 5) is 19.2. The number of benzene rings is 1. The third kappa shape index (κ3) is 2.73. The number of fused-ring (bicyclic) bond motifs is 1. The molecule has 1 aromatic carbocycles. The van der Waals surface area contributed by atoms with E-state index in [-0.39, 0.29) is 11.3 Å². The highest BCUT2D eigenvalue weighted by Gasteiger charge is 2.44. The van der Waals surface area contributed by atoms with Crippen molar-refractivity contribution in [3.05, 3.63) is 24.0 Å². The molecule has 0 bridgehead atoms. The van der Waals surface area contributed by atoms with Crippen LogP contribution in [0.3, 0.4) is 0 Å². The largest absolute Gasteiger partial charge is 0.356 e. The molecule has 3 aromatic rings. The van der Waals surface area contributed by atoms with Gasteiger partial charge in [0, 0.05) is 38.8 Å². The molecule has 2 fully saturated rings. The van der Waals surface area contributed by atoms with E-state index in [0.717, 1.165) is 79.6 Å². The average Bonchev–Trinajstić information content (AvgIpc) is 3.37. The second kappa shape index (κ2) is 6.57. The van der Waals surface area contributed by atoms with Gasteiger partial charge >= 0.3 is 0 Å². The number of anilines is 1. The van der Waals surface area contributed by atoms with Gasteiger partial charge in [-0.1, -0.05) is 0 Å². The fraction of sp³-hybridized carbons (Fsp3) is 0.524. The Kier molecular flexibility index (Phi) is 4.11. The zero-order chi connectivity index (χ0) is 20.2. The summed E-state index contributed by atoms with van der Waals surface area (Å²) in [5.41, 5.74) is 2.98. The number of hydrogen-bond acceptors (Lipinski definition) is 5. The summed E-state index contributed by atoms with van der Waals surface area (Å²) < 4.78 is 4.27. The number of piperidine rings is 1. The molecule has 2 aromatic heterocycles. The molecule has 0 unspecified atom stereocenters. The predicted octanol–water partition coefficient (Wildman–Crippen LogP) is 2.27. The van der Waals surface area contributed by atoms with Crippen LogP contribution in [-0.2, 0) is 18.4 Å². The third-order valence-corrected chi connectivity index (χ3v) is 6.74. The molecular weight excluding hydrogens is 366 g/mol. The van der Waals surface area contributed by atoms with Crippen LogP contribution in [0.2, 0.25) is 0 Å². The van der Waals surface area contributed by atoms with Gasteiger partial charge in [-0.05, 0) is 51.3 Å². The van der Waals surface area contributed by atoms with Crippen molar-refractivity contribution >= 4 is 22.9 Å².